The molecule has 0 aromatic heterocycles. The normalized spacial score (nSPS) is 9.75. The fourth-order valence-corrected chi connectivity index (χ4v) is 2.56. The quantitative estimate of drug-likeness (QED) is 0.444. The minimum Gasteiger partial charge on any atom is -0.493 e. The molecular weight excluding hydrogens is 374 g/mol. The molecule has 0 saturated carbocycles. The zero-order chi connectivity index (χ0) is 18.9. The summed E-state index contributed by atoms with van der Waals surface area (Å²) in [7, 11) is 1.64. The first-order valence-corrected chi connectivity index (χ1v) is 8.76. The second-order valence-corrected chi connectivity index (χ2v) is 5.88. The Hall–Kier alpha value is -3.11. The monoisotopic (exact) mass is 397 g/mol. The van der Waals surface area contributed by atoms with Gasteiger partial charge in [-0.25, -0.2) is 0 Å². The summed E-state index contributed by atoms with van der Waals surface area (Å²) < 4.78 is 16.8. The number of anilines is 1. The zero-order valence-corrected chi connectivity index (χ0v) is 16.6. The SMILES string of the molecule is C=CCOc1ccc(CNc2ccc(Oc3ccccc3)cc2)cc1OC.Cl. The van der Waals surface area contributed by atoms with Crippen LogP contribution in [0.2, 0.25) is 0 Å². The van der Waals surface area contributed by atoms with E-state index in [4.69, 9.17) is 14.2 Å². The topological polar surface area (TPSA) is 39.7 Å². The molecular formula is C23H24ClNO3. The Bertz CT molecular complexity index is 867. The molecule has 0 fully saturated rings. The summed E-state index contributed by atoms with van der Waals surface area (Å²) in [6, 6.07) is 23.5. The molecule has 3 rings (SSSR count). The van der Waals surface area contributed by atoms with Crippen molar-refractivity contribution in [1.29, 1.82) is 0 Å². The highest BCUT2D eigenvalue weighted by molar-refractivity contribution is 5.85. The van der Waals surface area contributed by atoms with E-state index in [0.29, 0.717) is 24.7 Å². The van der Waals surface area contributed by atoms with Gasteiger partial charge in [0.15, 0.2) is 11.5 Å². The Morgan fingerprint density at radius 3 is 2.29 bits per heavy atom. The maximum absolute atomic E-state index is 5.81. The van der Waals surface area contributed by atoms with Crippen molar-refractivity contribution in [2.45, 2.75) is 6.54 Å². The highest BCUT2D eigenvalue weighted by atomic mass is 35.5. The maximum Gasteiger partial charge on any atom is 0.161 e. The van der Waals surface area contributed by atoms with Crippen LogP contribution in [-0.2, 0) is 6.54 Å². The summed E-state index contributed by atoms with van der Waals surface area (Å²) in [6.45, 7) is 4.78. The molecule has 3 aromatic rings. The van der Waals surface area contributed by atoms with Crippen molar-refractivity contribution in [2.75, 3.05) is 19.0 Å². The number of halogens is 1. The lowest BCUT2D eigenvalue weighted by atomic mass is 10.2. The average Bonchev–Trinajstić information content (AvgIpc) is 2.72. The van der Waals surface area contributed by atoms with Crippen LogP contribution in [-0.4, -0.2) is 13.7 Å². The molecule has 0 spiro atoms. The van der Waals surface area contributed by atoms with Gasteiger partial charge in [-0.2, -0.15) is 0 Å². The summed E-state index contributed by atoms with van der Waals surface area (Å²) in [5.41, 5.74) is 2.11. The van der Waals surface area contributed by atoms with Crippen molar-refractivity contribution in [3.05, 3.63) is 91.0 Å². The fourth-order valence-electron chi connectivity index (χ4n) is 2.56. The number of hydrogen-bond acceptors (Lipinski definition) is 4. The number of rotatable bonds is 9. The number of hydrogen-bond donors (Lipinski definition) is 1. The Kier molecular flexibility index (Phi) is 8.25. The van der Waals surface area contributed by atoms with Gasteiger partial charge in [0.05, 0.1) is 7.11 Å². The van der Waals surface area contributed by atoms with E-state index in [-0.39, 0.29) is 12.4 Å². The Morgan fingerprint density at radius 2 is 1.61 bits per heavy atom. The van der Waals surface area contributed by atoms with Gasteiger partial charge in [0.2, 0.25) is 0 Å². The van der Waals surface area contributed by atoms with Gasteiger partial charge in [-0.15, -0.1) is 12.4 Å². The minimum absolute atomic E-state index is 0. The van der Waals surface area contributed by atoms with Crippen LogP contribution in [0.25, 0.3) is 0 Å². The number of methoxy groups -OCH3 is 1. The third kappa shape index (κ3) is 5.96. The molecule has 0 amide bonds. The molecule has 0 bridgehead atoms. The molecule has 0 aliphatic rings. The van der Waals surface area contributed by atoms with Gasteiger partial charge in [0, 0.05) is 12.2 Å². The summed E-state index contributed by atoms with van der Waals surface area (Å²) in [5.74, 6) is 3.05. The van der Waals surface area contributed by atoms with E-state index in [1.807, 2.05) is 72.8 Å². The van der Waals surface area contributed by atoms with E-state index in [1.54, 1.807) is 13.2 Å². The zero-order valence-electron chi connectivity index (χ0n) is 15.8. The van der Waals surface area contributed by atoms with Gasteiger partial charge < -0.3 is 19.5 Å². The Balaban J connectivity index is 0.00000280. The van der Waals surface area contributed by atoms with Crippen LogP contribution < -0.4 is 19.5 Å². The lowest BCUT2D eigenvalue weighted by Crippen LogP contribution is -2.01. The second kappa shape index (κ2) is 10.9. The predicted molar refractivity (Wildman–Crippen MR) is 116 cm³/mol. The Labute approximate surface area is 172 Å². The summed E-state index contributed by atoms with van der Waals surface area (Å²) in [4.78, 5) is 0. The van der Waals surface area contributed by atoms with Gasteiger partial charge in [-0.3, -0.25) is 0 Å². The summed E-state index contributed by atoms with van der Waals surface area (Å²) >= 11 is 0. The van der Waals surface area contributed by atoms with Crippen LogP contribution >= 0.6 is 12.4 Å². The molecule has 0 unspecified atom stereocenters. The van der Waals surface area contributed by atoms with E-state index >= 15 is 0 Å². The highest BCUT2D eigenvalue weighted by Gasteiger charge is 2.05. The first-order valence-electron chi connectivity index (χ1n) is 8.76. The lowest BCUT2D eigenvalue weighted by Gasteiger charge is -2.12. The first kappa shape index (κ1) is 21.2. The minimum atomic E-state index is 0. The molecule has 146 valence electrons. The Morgan fingerprint density at radius 1 is 0.893 bits per heavy atom. The van der Waals surface area contributed by atoms with Crippen molar-refractivity contribution in [3.63, 3.8) is 0 Å². The standard InChI is InChI=1S/C23H23NO3.ClH/c1-3-15-26-22-14-9-18(16-23(22)25-2)17-24-19-10-12-21(13-11-19)27-20-7-5-4-6-8-20;/h3-14,16,24H,1,15,17H2,2H3;1H. The molecule has 0 aliphatic heterocycles. The van der Waals surface area contributed by atoms with Crippen LogP contribution in [0, 0.1) is 0 Å². The van der Waals surface area contributed by atoms with Gasteiger partial charge >= 0.3 is 0 Å². The van der Waals surface area contributed by atoms with E-state index in [2.05, 4.69) is 11.9 Å². The van der Waals surface area contributed by atoms with Crippen LogP contribution in [0.5, 0.6) is 23.0 Å². The fraction of sp³-hybridized carbons (Fsp3) is 0.130. The molecule has 5 heteroatoms. The van der Waals surface area contributed by atoms with Gasteiger partial charge in [-0.1, -0.05) is 36.9 Å². The maximum atomic E-state index is 5.81. The van der Waals surface area contributed by atoms with E-state index < -0.39 is 0 Å². The van der Waals surface area contributed by atoms with Gasteiger partial charge in [0.1, 0.15) is 18.1 Å². The van der Waals surface area contributed by atoms with Crippen molar-refractivity contribution in [3.8, 4) is 23.0 Å². The average molecular weight is 398 g/mol. The lowest BCUT2D eigenvalue weighted by molar-refractivity contribution is 0.326. The van der Waals surface area contributed by atoms with Crippen LogP contribution in [0.15, 0.2) is 85.5 Å². The molecule has 3 aromatic carbocycles. The highest BCUT2D eigenvalue weighted by Crippen LogP contribution is 2.28. The van der Waals surface area contributed by atoms with E-state index in [0.717, 1.165) is 22.7 Å². The van der Waals surface area contributed by atoms with E-state index in [1.165, 1.54) is 0 Å². The number of para-hydroxylation sites is 1. The number of benzene rings is 3. The van der Waals surface area contributed by atoms with Crippen molar-refractivity contribution in [2.24, 2.45) is 0 Å². The van der Waals surface area contributed by atoms with E-state index in [9.17, 15) is 0 Å². The van der Waals surface area contributed by atoms with Crippen molar-refractivity contribution < 1.29 is 14.2 Å². The van der Waals surface area contributed by atoms with Crippen LogP contribution in [0.3, 0.4) is 0 Å². The third-order valence-corrected chi connectivity index (χ3v) is 3.91. The second-order valence-electron chi connectivity index (χ2n) is 5.88. The molecule has 0 saturated heterocycles. The first-order chi connectivity index (χ1) is 13.3. The third-order valence-electron chi connectivity index (χ3n) is 3.91. The molecule has 0 aliphatic carbocycles. The molecule has 0 radical (unpaired) electrons. The molecule has 4 nitrogen and oxygen atoms in total. The summed E-state index contributed by atoms with van der Waals surface area (Å²) in [5, 5.41) is 3.40. The molecule has 1 N–H and O–H groups in total. The smallest absolute Gasteiger partial charge is 0.161 e. The molecule has 0 atom stereocenters. The van der Waals surface area contributed by atoms with Gasteiger partial charge in [0.25, 0.3) is 0 Å². The van der Waals surface area contributed by atoms with Crippen LogP contribution in [0.1, 0.15) is 5.56 Å². The van der Waals surface area contributed by atoms with Gasteiger partial charge in [-0.05, 0) is 54.1 Å². The number of ether oxygens (including phenoxy) is 3. The predicted octanol–water partition coefficient (Wildman–Crippen LogP) is 6.09. The van der Waals surface area contributed by atoms with Crippen LogP contribution in [0.4, 0.5) is 5.69 Å². The van der Waals surface area contributed by atoms with Crippen molar-refractivity contribution in [1.82, 2.24) is 0 Å². The molecule has 28 heavy (non-hydrogen) atoms. The molecule has 0 heterocycles. The summed E-state index contributed by atoms with van der Waals surface area (Å²) in [6.07, 6.45) is 1.71. The largest absolute Gasteiger partial charge is 0.493 e. The number of nitrogens with one attached hydrogen (secondary N) is 1. The van der Waals surface area contributed by atoms with Crippen molar-refractivity contribution >= 4 is 18.1 Å².